The molecule has 0 radical (unpaired) electrons. The molecular formula is C11H19N5O5. The zero-order chi connectivity index (χ0) is 15.9. The Morgan fingerprint density at radius 3 is 2.43 bits per heavy atom. The van der Waals surface area contributed by atoms with E-state index in [2.05, 4.69) is 20.6 Å². The van der Waals surface area contributed by atoms with Crippen LogP contribution in [-0.2, 0) is 0 Å². The van der Waals surface area contributed by atoms with E-state index in [4.69, 9.17) is 0 Å². The maximum Gasteiger partial charge on any atom is 0.329 e. The highest BCUT2D eigenvalue weighted by atomic mass is 16.6. The lowest BCUT2D eigenvalue weighted by atomic mass is 10.0. The highest BCUT2D eigenvalue weighted by Gasteiger charge is 2.31. The summed E-state index contributed by atoms with van der Waals surface area (Å²) in [5, 5.41) is 44.2. The number of anilines is 2. The quantitative estimate of drug-likeness (QED) is 0.295. The molecule has 0 fully saturated rings. The lowest BCUT2D eigenvalue weighted by Crippen LogP contribution is -2.49. The summed E-state index contributed by atoms with van der Waals surface area (Å²) in [6, 6.07) is 0. The SMILES string of the molecule is CCCNc1ncc([N+](=O)[O-])c(NC(CO)(CO)CO)n1. The summed E-state index contributed by atoms with van der Waals surface area (Å²) in [6.07, 6.45) is 1.83. The molecule has 1 rings (SSSR count). The molecule has 0 aromatic carbocycles. The third kappa shape index (κ3) is 4.21. The Morgan fingerprint density at radius 2 is 1.95 bits per heavy atom. The number of nitrogens with zero attached hydrogens (tertiary/aromatic N) is 3. The van der Waals surface area contributed by atoms with Crippen molar-refractivity contribution in [2.45, 2.75) is 18.9 Å². The molecule has 0 amide bonds. The van der Waals surface area contributed by atoms with Crippen molar-refractivity contribution in [2.24, 2.45) is 0 Å². The Labute approximate surface area is 121 Å². The number of rotatable bonds is 9. The summed E-state index contributed by atoms with van der Waals surface area (Å²) in [4.78, 5) is 18.0. The van der Waals surface area contributed by atoms with Gasteiger partial charge in [-0.15, -0.1) is 0 Å². The Morgan fingerprint density at radius 1 is 1.33 bits per heavy atom. The molecule has 118 valence electrons. The van der Waals surface area contributed by atoms with E-state index >= 15 is 0 Å². The molecule has 0 atom stereocenters. The molecule has 5 N–H and O–H groups in total. The molecule has 0 saturated carbocycles. The second kappa shape index (κ2) is 7.67. The van der Waals surface area contributed by atoms with Gasteiger partial charge in [-0.3, -0.25) is 10.1 Å². The van der Waals surface area contributed by atoms with Gasteiger partial charge in [-0.05, 0) is 6.42 Å². The molecule has 0 aliphatic carbocycles. The molecule has 1 heterocycles. The maximum absolute atomic E-state index is 11.0. The summed E-state index contributed by atoms with van der Waals surface area (Å²) in [7, 11) is 0. The van der Waals surface area contributed by atoms with Crippen LogP contribution < -0.4 is 10.6 Å². The van der Waals surface area contributed by atoms with Crippen LogP contribution in [0.4, 0.5) is 17.5 Å². The Kier molecular flexibility index (Phi) is 6.21. The van der Waals surface area contributed by atoms with E-state index in [1.165, 1.54) is 0 Å². The first-order valence-corrected chi connectivity index (χ1v) is 6.38. The molecule has 1 aromatic heterocycles. The van der Waals surface area contributed by atoms with Gasteiger partial charge in [-0.1, -0.05) is 6.92 Å². The number of aliphatic hydroxyl groups excluding tert-OH is 3. The summed E-state index contributed by atoms with van der Waals surface area (Å²) in [6.45, 7) is 0.644. The molecule has 0 unspecified atom stereocenters. The monoisotopic (exact) mass is 301 g/mol. The number of nitrogens with one attached hydrogen (secondary N) is 2. The standard InChI is InChI=1S/C11H19N5O5/c1-2-3-12-10-13-4-8(16(20)21)9(14-10)15-11(5-17,6-18)7-19/h4,17-19H,2-3,5-7H2,1H3,(H2,12,13,14,15). The fraction of sp³-hybridized carbons (Fsp3) is 0.636. The molecule has 1 aromatic rings. The van der Waals surface area contributed by atoms with Crippen molar-refractivity contribution in [1.29, 1.82) is 0 Å². The van der Waals surface area contributed by atoms with Gasteiger partial charge in [-0.25, -0.2) is 4.98 Å². The predicted octanol–water partition coefficient (Wildman–Crippen LogP) is -0.666. The van der Waals surface area contributed by atoms with Crippen molar-refractivity contribution in [1.82, 2.24) is 9.97 Å². The average Bonchev–Trinajstić information content (AvgIpc) is 2.50. The first kappa shape index (κ1) is 17.0. The van der Waals surface area contributed by atoms with E-state index in [0.717, 1.165) is 12.6 Å². The lowest BCUT2D eigenvalue weighted by molar-refractivity contribution is -0.384. The van der Waals surface area contributed by atoms with Gasteiger partial charge in [0, 0.05) is 6.54 Å². The molecule has 0 bridgehead atoms. The van der Waals surface area contributed by atoms with E-state index in [1.807, 2.05) is 6.92 Å². The molecule has 10 heteroatoms. The van der Waals surface area contributed by atoms with E-state index in [-0.39, 0.29) is 11.8 Å². The van der Waals surface area contributed by atoms with Crippen LogP contribution in [0.5, 0.6) is 0 Å². The smallest absolute Gasteiger partial charge is 0.329 e. The molecular weight excluding hydrogens is 282 g/mol. The van der Waals surface area contributed by atoms with E-state index in [9.17, 15) is 25.4 Å². The van der Waals surface area contributed by atoms with E-state index < -0.39 is 36.0 Å². The van der Waals surface area contributed by atoms with Crippen molar-refractivity contribution in [3.05, 3.63) is 16.3 Å². The number of aromatic nitrogens is 2. The van der Waals surface area contributed by atoms with Gasteiger partial charge in [0.15, 0.2) is 0 Å². The third-order valence-corrected chi connectivity index (χ3v) is 2.79. The van der Waals surface area contributed by atoms with Gasteiger partial charge in [0.05, 0.1) is 24.7 Å². The van der Waals surface area contributed by atoms with Crippen molar-refractivity contribution in [3.8, 4) is 0 Å². The average molecular weight is 301 g/mol. The zero-order valence-corrected chi connectivity index (χ0v) is 11.6. The minimum absolute atomic E-state index is 0.174. The molecule has 0 spiro atoms. The number of hydrogen-bond donors (Lipinski definition) is 5. The van der Waals surface area contributed by atoms with Gasteiger partial charge >= 0.3 is 5.69 Å². The fourth-order valence-electron chi connectivity index (χ4n) is 1.44. The topological polar surface area (TPSA) is 154 Å². The van der Waals surface area contributed by atoms with Crippen molar-refractivity contribution in [2.75, 3.05) is 37.0 Å². The van der Waals surface area contributed by atoms with Gasteiger partial charge in [0.2, 0.25) is 11.8 Å². The fourth-order valence-corrected chi connectivity index (χ4v) is 1.44. The normalized spacial score (nSPS) is 11.2. The van der Waals surface area contributed by atoms with Gasteiger partial charge in [-0.2, -0.15) is 4.98 Å². The van der Waals surface area contributed by atoms with Crippen LogP contribution in [-0.4, -0.2) is 62.1 Å². The molecule has 0 saturated heterocycles. The minimum Gasteiger partial charge on any atom is -0.394 e. The maximum atomic E-state index is 11.0. The zero-order valence-electron chi connectivity index (χ0n) is 11.6. The molecule has 0 aliphatic heterocycles. The summed E-state index contributed by atoms with van der Waals surface area (Å²) in [5.41, 5.74) is -1.93. The number of nitro groups is 1. The largest absolute Gasteiger partial charge is 0.394 e. The Balaban J connectivity index is 3.13. The van der Waals surface area contributed by atoms with Crippen molar-refractivity contribution < 1.29 is 20.2 Å². The molecule has 10 nitrogen and oxygen atoms in total. The van der Waals surface area contributed by atoms with Crippen molar-refractivity contribution in [3.63, 3.8) is 0 Å². The van der Waals surface area contributed by atoms with Gasteiger partial charge in [0.1, 0.15) is 11.7 Å². The second-order valence-electron chi connectivity index (χ2n) is 4.49. The van der Waals surface area contributed by atoms with E-state index in [1.54, 1.807) is 0 Å². The van der Waals surface area contributed by atoms with Crippen LogP contribution in [0.25, 0.3) is 0 Å². The van der Waals surface area contributed by atoms with Crippen LogP contribution >= 0.6 is 0 Å². The van der Waals surface area contributed by atoms with Crippen LogP contribution in [0.3, 0.4) is 0 Å². The van der Waals surface area contributed by atoms with Crippen LogP contribution in [0.15, 0.2) is 6.20 Å². The first-order chi connectivity index (χ1) is 10.0. The van der Waals surface area contributed by atoms with Crippen LogP contribution in [0.1, 0.15) is 13.3 Å². The summed E-state index contributed by atoms with van der Waals surface area (Å²) in [5.74, 6) is -0.0153. The van der Waals surface area contributed by atoms with Crippen molar-refractivity contribution >= 4 is 17.5 Å². The van der Waals surface area contributed by atoms with Gasteiger partial charge < -0.3 is 26.0 Å². The second-order valence-corrected chi connectivity index (χ2v) is 4.49. The summed E-state index contributed by atoms with van der Waals surface area (Å²) < 4.78 is 0. The first-order valence-electron chi connectivity index (χ1n) is 6.38. The minimum atomic E-state index is -1.51. The van der Waals surface area contributed by atoms with Crippen LogP contribution in [0.2, 0.25) is 0 Å². The van der Waals surface area contributed by atoms with Gasteiger partial charge in [0.25, 0.3) is 0 Å². The Bertz CT molecular complexity index is 472. The van der Waals surface area contributed by atoms with E-state index in [0.29, 0.717) is 6.54 Å². The lowest BCUT2D eigenvalue weighted by Gasteiger charge is -2.28. The highest BCUT2D eigenvalue weighted by Crippen LogP contribution is 2.25. The summed E-state index contributed by atoms with van der Waals surface area (Å²) >= 11 is 0. The molecule has 0 aliphatic rings. The number of aliphatic hydroxyl groups is 3. The third-order valence-electron chi connectivity index (χ3n) is 2.79. The number of hydrogen-bond acceptors (Lipinski definition) is 9. The predicted molar refractivity (Wildman–Crippen MR) is 75.1 cm³/mol. The Hall–Kier alpha value is -2.04. The highest BCUT2D eigenvalue weighted by molar-refractivity contribution is 5.58. The van der Waals surface area contributed by atoms with Crippen LogP contribution in [0, 0.1) is 10.1 Å². The molecule has 21 heavy (non-hydrogen) atoms.